The summed E-state index contributed by atoms with van der Waals surface area (Å²) >= 11 is 3.36. The molecule has 2 unspecified atom stereocenters. The van der Waals surface area contributed by atoms with Crippen LogP contribution in [0.5, 0.6) is 0 Å². The molecule has 2 aromatic rings. The van der Waals surface area contributed by atoms with E-state index in [1.807, 2.05) is 37.3 Å². The topological polar surface area (TPSA) is 57.7 Å². The van der Waals surface area contributed by atoms with Crippen molar-refractivity contribution in [2.45, 2.75) is 38.3 Å². The zero-order valence-corrected chi connectivity index (χ0v) is 17.1. The van der Waals surface area contributed by atoms with Crippen molar-refractivity contribution >= 4 is 39.3 Å². The molecule has 1 heterocycles. The predicted molar refractivity (Wildman–Crippen MR) is 109 cm³/mol. The van der Waals surface area contributed by atoms with Crippen LogP contribution in [0.2, 0.25) is 0 Å². The maximum Gasteiger partial charge on any atom is 0.257 e. The van der Waals surface area contributed by atoms with E-state index in [4.69, 9.17) is 0 Å². The highest BCUT2D eigenvalue weighted by atomic mass is 79.9. The van der Waals surface area contributed by atoms with Crippen LogP contribution >= 0.6 is 15.9 Å². The first-order chi connectivity index (χ1) is 13.5. The lowest BCUT2D eigenvalue weighted by molar-refractivity contribution is -0.142. The van der Waals surface area contributed by atoms with Crippen LogP contribution in [-0.4, -0.2) is 28.7 Å². The van der Waals surface area contributed by atoms with Gasteiger partial charge in [-0.3, -0.25) is 14.4 Å². The van der Waals surface area contributed by atoms with Crippen molar-refractivity contribution in [3.63, 3.8) is 0 Å². The van der Waals surface area contributed by atoms with E-state index in [0.29, 0.717) is 5.69 Å². The molecule has 2 fully saturated rings. The molecule has 0 spiro atoms. The minimum atomic E-state index is -0.764. The van der Waals surface area contributed by atoms with Gasteiger partial charge in [0.2, 0.25) is 11.8 Å². The fourth-order valence-corrected chi connectivity index (χ4v) is 4.01. The average Bonchev–Trinajstić information content (AvgIpc) is 3.50. The highest BCUT2D eigenvalue weighted by molar-refractivity contribution is 9.10. The van der Waals surface area contributed by atoms with Gasteiger partial charge in [0.25, 0.3) is 5.91 Å². The Balaban J connectivity index is 1.66. The number of hydrogen-bond donors (Lipinski definition) is 0. The van der Waals surface area contributed by atoms with Crippen molar-refractivity contribution in [2.75, 3.05) is 4.90 Å². The largest absolute Gasteiger partial charge is 0.323 e. The maximum absolute atomic E-state index is 13.2. The van der Waals surface area contributed by atoms with Gasteiger partial charge >= 0.3 is 0 Å². The van der Waals surface area contributed by atoms with Gasteiger partial charge in [0.15, 0.2) is 0 Å². The molecule has 28 heavy (non-hydrogen) atoms. The molecule has 4 rings (SSSR count). The van der Waals surface area contributed by atoms with Gasteiger partial charge in [0.1, 0.15) is 6.04 Å². The Bertz CT molecular complexity index is 909. The smallest absolute Gasteiger partial charge is 0.257 e. The number of nitrogens with zero attached hydrogens (tertiary/aromatic N) is 2. The number of imide groups is 1. The molecule has 6 heteroatoms. The highest BCUT2D eigenvalue weighted by Gasteiger charge is 2.48. The summed E-state index contributed by atoms with van der Waals surface area (Å²) in [7, 11) is 0. The normalized spacial score (nSPS) is 20.4. The average molecular weight is 441 g/mol. The summed E-state index contributed by atoms with van der Waals surface area (Å²) in [6.45, 7) is 1.93. The van der Waals surface area contributed by atoms with E-state index >= 15 is 0 Å². The molecule has 1 aliphatic heterocycles. The van der Waals surface area contributed by atoms with E-state index in [1.54, 1.807) is 29.2 Å². The Morgan fingerprint density at radius 1 is 1.07 bits per heavy atom. The van der Waals surface area contributed by atoms with Crippen LogP contribution in [0.4, 0.5) is 5.69 Å². The summed E-state index contributed by atoms with van der Waals surface area (Å²) in [5, 5.41) is 0. The van der Waals surface area contributed by atoms with Gasteiger partial charge in [-0.25, -0.2) is 4.90 Å². The first kappa shape index (κ1) is 18.9. The van der Waals surface area contributed by atoms with E-state index in [-0.39, 0.29) is 36.1 Å². The van der Waals surface area contributed by atoms with Gasteiger partial charge < -0.3 is 4.90 Å². The second-order valence-electron chi connectivity index (χ2n) is 7.37. The molecule has 2 aliphatic rings. The Kier molecular flexibility index (Phi) is 5.06. The Morgan fingerprint density at radius 3 is 2.32 bits per heavy atom. The van der Waals surface area contributed by atoms with Crippen LogP contribution in [0.15, 0.2) is 59.1 Å². The molecule has 2 aromatic carbocycles. The van der Waals surface area contributed by atoms with E-state index in [2.05, 4.69) is 15.9 Å². The lowest BCUT2D eigenvalue weighted by Crippen LogP contribution is -2.47. The first-order valence-electron chi connectivity index (χ1n) is 9.47. The van der Waals surface area contributed by atoms with E-state index < -0.39 is 6.04 Å². The van der Waals surface area contributed by atoms with Crippen molar-refractivity contribution in [3.05, 3.63) is 64.6 Å². The van der Waals surface area contributed by atoms with Crippen LogP contribution in [-0.2, 0) is 14.4 Å². The second-order valence-corrected chi connectivity index (χ2v) is 8.29. The van der Waals surface area contributed by atoms with Crippen molar-refractivity contribution < 1.29 is 14.4 Å². The number of benzene rings is 2. The number of carbonyl (C=O) groups is 3. The Hall–Kier alpha value is -2.47. The fraction of sp³-hybridized carbons (Fsp3) is 0.318. The van der Waals surface area contributed by atoms with Crippen molar-refractivity contribution in [1.29, 1.82) is 0 Å². The number of carbonyl (C=O) groups excluding carboxylic acids is 3. The zero-order valence-electron chi connectivity index (χ0n) is 15.5. The van der Waals surface area contributed by atoms with Crippen molar-refractivity contribution in [3.8, 4) is 0 Å². The first-order valence-corrected chi connectivity index (χ1v) is 10.3. The third-order valence-corrected chi connectivity index (χ3v) is 5.95. The van der Waals surface area contributed by atoms with Gasteiger partial charge in [-0.05, 0) is 49.6 Å². The molecule has 1 aliphatic carbocycles. The molecular weight excluding hydrogens is 420 g/mol. The molecular formula is C22H21BrN2O3. The van der Waals surface area contributed by atoms with Gasteiger partial charge in [0, 0.05) is 10.4 Å². The minimum absolute atomic E-state index is 0.0184. The Morgan fingerprint density at radius 2 is 1.71 bits per heavy atom. The van der Waals surface area contributed by atoms with Gasteiger partial charge in [-0.2, -0.15) is 0 Å². The van der Waals surface area contributed by atoms with Gasteiger partial charge in [0.05, 0.1) is 18.2 Å². The van der Waals surface area contributed by atoms with E-state index in [0.717, 1.165) is 22.9 Å². The number of hydrogen-bond acceptors (Lipinski definition) is 3. The van der Waals surface area contributed by atoms with Crippen LogP contribution < -0.4 is 4.90 Å². The monoisotopic (exact) mass is 440 g/mol. The molecule has 0 radical (unpaired) electrons. The summed E-state index contributed by atoms with van der Waals surface area (Å²) in [5.41, 5.74) is 1.49. The summed E-state index contributed by atoms with van der Waals surface area (Å²) in [4.78, 5) is 41.9. The molecule has 0 aromatic heterocycles. The molecule has 0 N–H and O–H groups in total. The fourth-order valence-electron chi connectivity index (χ4n) is 3.74. The quantitative estimate of drug-likeness (QED) is 0.658. The SMILES string of the molecule is CC(c1ccccc1)N(C(=O)C1CC1)C1CC(=O)N(c2ccc(Br)cc2)C1=O. The predicted octanol–water partition coefficient (Wildman–Crippen LogP) is 4.08. The van der Waals surface area contributed by atoms with Crippen LogP contribution in [0.3, 0.4) is 0 Å². The van der Waals surface area contributed by atoms with Gasteiger partial charge in [-0.1, -0.05) is 46.3 Å². The number of halogens is 1. The van der Waals surface area contributed by atoms with Gasteiger partial charge in [-0.15, -0.1) is 0 Å². The number of anilines is 1. The summed E-state index contributed by atoms with van der Waals surface area (Å²) in [6, 6.07) is 15.7. The summed E-state index contributed by atoms with van der Waals surface area (Å²) < 4.78 is 0.870. The lowest BCUT2D eigenvalue weighted by atomic mass is 10.0. The van der Waals surface area contributed by atoms with Crippen molar-refractivity contribution in [2.24, 2.45) is 5.92 Å². The number of amides is 3. The molecule has 1 saturated carbocycles. The second kappa shape index (κ2) is 7.51. The standard InChI is InChI=1S/C22H21BrN2O3/c1-14(15-5-3-2-4-6-15)24(21(27)16-7-8-16)19-13-20(26)25(22(19)28)18-11-9-17(23)10-12-18/h2-6,9-12,14,16,19H,7-8,13H2,1H3. The molecule has 5 nitrogen and oxygen atoms in total. The molecule has 0 bridgehead atoms. The van der Waals surface area contributed by atoms with Crippen LogP contribution in [0.25, 0.3) is 0 Å². The lowest BCUT2D eigenvalue weighted by Gasteiger charge is -2.33. The molecule has 3 amide bonds. The molecule has 2 atom stereocenters. The van der Waals surface area contributed by atoms with Crippen LogP contribution in [0, 0.1) is 5.92 Å². The van der Waals surface area contributed by atoms with Crippen molar-refractivity contribution in [1.82, 2.24) is 4.90 Å². The molecule has 144 valence electrons. The zero-order chi connectivity index (χ0) is 19.8. The third-order valence-electron chi connectivity index (χ3n) is 5.42. The summed E-state index contributed by atoms with van der Waals surface area (Å²) in [6.07, 6.45) is 1.72. The number of rotatable bonds is 5. The third kappa shape index (κ3) is 3.49. The Labute approximate surface area is 172 Å². The molecule has 1 saturated heterocycles. The summed E-state index contributed by atoms with van der Waals surface area (Å²) in [5.74, 6) is -0.661. The maximum atomic E-state index is 13.2. The minimum Gasteiger partial charge on any atom is -0.323 e. The van der Waals surface area contributed by atoms with Crippen LogP contribution in [0.1, 0.15) is 37.8 Å². The van der Waals surface area contributed by atoms with E-state index in [9.17, 15) is 14.4 Å². The highest BCUT2D eigenvalue weighted by Crippen LogP contribution is 2.38. The van der Waals surface area contributed by atoms with E-state index in [1.165, 1.54) is 4.90 Å².